The van der Waals surface area contributed by atoms with E-state index in [1.54, 1.807) is 6.20 Å². The molecule has 2 aromatic rings. The topological polar surface area (TPSA) is 86.5 Å². The number of nitrogens with one attached hydrogen (secondary N) is 1. The minimum atomic E-state index is -0.278. The van der Waals surface area contributed by atoms with E-state index in [9.17, 15) is 4.79 Å². The van der Waals surface area contributed by atoms with E-state index in [1.807, 2.05) is 24.3 Å². The molecule has 1 aliphatic rings. The lowest BCUT2D eigenvalue weighted by Crippen LogP contribution is -2.41. The quantitative estimate of drug-likeness (QED) is 0.537. The van der Waals surface area contributed by atoms with Crippen LogP contribution < -0.4 is 15.8 Å². The van der Waals surface area contributed by atoms with Crippen LogP contribution in [-0.4, -0.2) is 30.1 Å². The molecular weight excluding hydrogens is 525 g/mol. The zero-order valence-electron chi connectivity index (χ0n) is 14.9. The molecule has 1 aromatic heterocycles. The Morgan fingerprint density at radius 2 is 2.11 bits per heavy atom. The van der Waals surface area contributed by atoms with Crippen molar-refractivity contribution in [1.29, 1.82) is 0 Å². The van der Waals surface area contributed by atoms with Crippen LogP contribution in [0.5, 0.6) is 5.75 Å². The molecular formula is C19H21BrIN3O3. The molecule has 27 heavy (non-hydrogen) atoms. The van der Waals surface area contributed by atoms with Crippen molar-refractivity contribution in [3.8, 4) is 5.75 Å². The standard InChI is InChI=1S/C19H21BrIN3O3/c1-26-17-13(21)9-23-18(22)16(17)19(25)24-14-3-2-4-15(14)27-10-11-5-7-12(20)8-6-11/h5-9,14-15H,2-4,10H2,1H3,(H2,22,23)(H,24,25)/t14-,15-/m0/s1. The minimum absolute atomic E-state index is 0.0273. The van der Waals surface area contributed by atoms with Gasteiger partial charge in [0.1, 0.15) is 17.1 Å². The van der Waals surface area contributed by atoms with Crippen LogP contribution in [0.2, 0.25) is 0 Å². The zero-order chi connectivity index (χ0) is 19.4. The summed E-state index contributed by atoms with van der Waals surface area (Å²) < 4.78 is 13.2. The number of hydrogen-bond acceptors (Lipinski definition) is 5. The van der Waals surface area contributed by atoms with Crippen molar-refractivity contribution in [2.24, 2.45) is 0 Å². The predicted octanol–water partition coefficient (Wildman–Crippen LogP) is 3.91. The number of hydrogen-bond donors (Lipinski definition) is 2. The van der Waals surface area contributed by atoms with Gasteiger partial charge in [-0.2, -0.15) is 0 Å². The van der Waals surface area contributed by atoms with Gasteiger partial charge < -0.3 is 20.5 Å². The van der Waals surface area contributed by atoms with Crippen LogP contribution in [-0.2, 0) is 11.3 Å². The summed E-state index contributed by atoms with van der Waals surface area (Å²) in [6, 6.07) is 7.97. The van der Waals surface area contributed by atoms with E-state index in [0.29, 0.717) is 12.4 Å². The Bertz CT molecular complexity index is 817. The van der Waals surface area contributed by atoms with Crippen LogP contribution in [0.25, 0.3) is 0 Å². The zero-order valence-corrected chi connectivity index (χ0v) is 18.6. The molecule has 0 radical (unpaired) electrons. The van der Waals surface area contributed by atoms with E-state index in [4.69, 9.17) is 15.2 Å². The molecule has 144 valence electrons. The van der Waals surface area contributed by atoms with Crippen LogP contribution in [0.3, 0.4) is 0 Å². The Hall–Kier alpha value is -1.39. The van der Waals surface area contributed by atoms with Gasteiger partial charge in [-0.15, -0.1) is 0 Å². The number of ether oxygens (including phenoxy) is 2. The van der Waals surface area contributed by atoms with Gasteiger partial charge in [-0.05, 0) is 59.5 Å². The first-order valence-corrected chi connectivity index (χ1v) is 10.5. The fraction of sp³-hybridized carbons (Fsp3) is 0.368. The van der Waals surface area contributed by atoms with Crippen LogP contribution in [0.4, 0.5) is 5.82 Å². The third kappa shape index (κ3) is 4.91. The molecule has 0 saturated heterocycles. The maximum absolute atomic E-state index is 12.8. The van der Waals surface area contributed by atoms with E-state index in [2.05, 4.69) is 48.8 Å². The summed E-state index contributed by atoms with van der Waals surface area (Å²) in [7, 11) is 1.52. The number of nitrogens with zero attached hydrogens (tertiary/aromatic N) is 1. The van der Waals surface area contributed by atoms with Gasteiger partial charge in [-0.1, -0.05) is 28.1 Å². The number of carbonyl (C=O) groups is 1. The normalized spacial score (nSPS) is 19.1. The molecule has 0 unspecified atom stereocenters. The molecule has 6 nitrogen and oxygen atoms in total. The lowest BCUT2D eigenvalue weighted by atomic mass is 10.1. The van der Waals surface area contributed by atoms with Gasteiger partial charge in [0.15, 0.2) is 0 Å². The second kappa shape index (κ2) is 9.20. The summed E-state index contributed by atoms with van der Waals surface area (Å²) in [5.74, 6) is 0.334. The molecule has 0 aliphatic heterocycles. The Balaban J connectivity index is 1.67. The van der Waals surface area contributed by atoms with Crippen LogP contribution in [0.15, 0.2) is 34.9 Å². The molecule has 1 heterocycles. The Kier molecular flexibility index (Phi) is 6.93. The number of nitrogens with two attached hydrogens (primary N) is 1. The van der Waals surface area contributed by atoms with E-state index < -0.39 is 0 Å². The number of methoxy groups -OCH3 is 1. The average Bonchev–Trinajstić information content (AvgIpc) is 3.09. The molecule has 8 heteroatoms. The van der Waals surface area contributed by atoms with Crippen molar-refractivity contribution in [3.63, 3.8) is 0 Å². The smallest absolute Gasteiger partial charge is 0.259 e. The number of pyridine rings is 1. The Morgan fingerprint density at radius 3 is 2.81 bits per heavy atom. The van der Waals surface area contributed by atoms with Gasteiger partial charge >= 0.3 is 0 Å². The molecule has 0 bridgehead atoms. The van der Waals surface area contributed by atoms with Crippen molar-refractivity contribution in [2.75, 3.05) is 12.8 Å². The SMILES string of the molecule is COc1c(I)cnc(N)c1C(=O)N[C@H]1CCC[C@@H]1OCc1ccc(Br)cc1. The predicted molar refractivity (Wildman–Crippen MR) is 116 cm³/mol. The number of amides is 1. The van der Waals surface area contributed by atoms with E-state index in [1.165, 1.54) is 7.11 Å². The summed E-state index contributed by atoms with van der Waals surface area (Å²) in [6.07, 6.45) is 4.36. The number of carbonyl (C=O) groups excluding carboxylic acids is 1. The Morgan fingerprint density at radius 1 is 1.37 bits per heavy atom. The molecule has 0 spiro atoms. The minimum Gasteiger partial charge on any atom is -0.495 e. The molecule has 1 amide bonds. The first-order chi connectivity index (χ1) is 13.0. The number of rotatable bonds is 6. The molecule has 3 N–H and O–H groups in total. The van der Waals surface area contributed by atoms with Crippen LogP contribution >= 0.6 is 38.5 Å². The second-order valence-corrected chi connectivity index (χ2v) is 8.46. The molecule has 1 saturated carbocycles. The Labute approximate surface area is 180 Å². The van der Waals surface area contributed by atoms with Gasteiger partial charge in [-0.3, -0.25) is 4.79 Å². The van der Waals surface area contributed by atoms with Gasteiger partial charge in [-0.25, -0.2) is 4.98 Å². The van der Waals surface area contributed by atoms with Crippen molar-refractivity contribution in [1.82, 2.24) is 10.3 Å². The molecule has 1 fully saturated rings. The molecule has 1 aromatic carbocycles. The van der Waals surface area contributed by atoms with Crippen LogP contribution in [0.1, 0.15) is 35.2 Å². The monoisotopic (exact) mass is 545 g/mol. The largest absolute Gasteiger partial charge is 0.495 e. The summed E-state index contributed by atoms with van der Waals surface area (Å²) in [5.41, 5.74) is 7.31. The van der Waals surface area contributed by atoms with Crippen molar-refractivity contribution in [3.05, 3.63) is 49.6 Å². The highest BCUT2D eigenvalue weighted by Gasteiger charge is 2.31. The summed E-state index contributed by atoms with van der Waals surface area (Å²) in [6.45, 7) is 0.514. The fourth-order valence-corrected chi connectivity index (χ4v) is 4.11. The highest BCUT2D eigenvalue weighted by molar-refractivity contribution is 14.1. The maximum atomic E-state index is 12.8. The van der Waals surface area contributed by atoms with Crippen molar-refractivity contribution in [2.45, 2.75) is 38.0 Å². The average molecular weight is 546 g/mol. The number of nitrogen functional groups attached to an aromatic ring is 1. The van der Waals surface area contributed by atoms with E-state index >= 15 is 0 Å². The second-order valence-electron chi connectivity index (χ2n) is 6.39. The van der Waals surface area contributed by atoms with Crippen LogP contribution in [0, 0.1) is 3.57 Å². The summed E-state index contributed by atoms with van der Waals surface area (Å²) in [5, 5.41) is 3.06. The highest BCUT2D eigenvalue weighted by Crippen LogP contribution is 2.30. The third-order valence-electron chi connectivity index (χ3n) is 4.59. The van der Waals surface area contributed by atoms with E-state index in [-0.39, 0.29) is 29.4 Å². The van der Waals surface area contributed by atoms with Crippen molar-refractivity contribution < 1.29 is 14.3 Å². The fourth-order valence-electron chi connectivity index (χ4n) is 3.22. The summed E-state index contributed by atoms with van der Waals surface area (Å²) in [4.78, 5) is 16.9. The number of benzene rings is 1. The van der Waals surface area contributed by atoms with Gasteiger partial charge in [0.2, 0.25) is 0 Å². The lowest BCUT2D eigenvalue weighted by Gasteiger charge is -2.22. The third-order valence-corrected chi connectivity index (χ3v) is 5.89. The lowest BCUT2D eigenvalue weighted by molar-refractivity contribution is 0.0271. The number of halogens is 2. The molecule has 2 atom stereocenters. The number of aromatic nitrogens is 1. The highest BCUT2D eigenvalue weighted by atomic mass is 127. The first kappa shape index (κ1) is 20.3. The van der Waals surface area contributed by atoms with Gasteiger partial charge in [0.05, 0.1) is 29.4 Å². The summed E-state index contributed by atoms with van der Waals surface area (Å²) >= 11 is 5.51. The first-order valence-electron chi connectivity index (χ1n) is 8.64. The van der Waals surface area contributed by atoms with E-state index in [0.717, 1.165) is 32.9 Å². The van der Waals surface area contributed by atoms with Gasteiger partial charge in [0.25, 0.3) is 5.91 Å². The maximum Gasteiger partial charge on any atom is 0.259 e. The number of anilines is 1. The molecule has 1 aliphatic carbocycles. The molecule has 3 rings (SSSR count). The van der Waals surface area contributed by atoms with Gasteiger partial charge in [0, 0.05) is 10.7 Å². The van der Waals surface area contributed by atoms with Crippen molar-refractivity contribution >= 4 is 50.2 Å².